The van der Waals surface area contributed by atoms with Gasteiger partial charge in [0.05, 0.1) is 18.3 Å². The lowest BCUT2D eigenvalue weighted by molar-refractivity contribution is 0.0626. The van der Waals surface area contributed by atoms with Crippen molar-refractivity contribution in [2.75, 3.05) is 26.9 Å². The van der Waals surface area contributed by atoms with Crippen molar-refractivity contribution in [2.45, 2.75) is 50.7 Å². The summed E-state index contributed by atoms with van der Waals surface area (Å²) in [5.41, 5.74) is 9.96. The Morgan fingerprint density at radius 1 is 1.24 bits per heavy atom. The van der Waals surface area contributed by atoms with Gasteiger partial charge in [-0.1, -0.05) is 0 Å². The molecule has 3 atom stereocenters. The Labute approximate surface area is 216 Å². The van der Waals surface area contributed by atoms with Gasteiger partial charge in [0.15, 0.2) is 5.82 Å². The number of carbonyl (C=O) groups excluding carboxylic acids is 1. The minimum atomic E-state index is -0.0124. The number of nitriles is 1. The maximum Gasteiger partial charge on any atom is 0.254 e. The Kier molecular flexibility index (Phi) is 6.17. The fourth-order valence-electron chi connectivity index (χ4n) is 6.61. The molecule has 9 nitrogen and oxygen atoms in total. The third-order valence-corrected chi connectivity index (χ3v) is 8.74. The molecule has 0 radical (unpaired) electrons. The summed E-state index contributed by atoms with van der Waals surface area (Å²) in [6.45, 7) is 3.09. The second-order valence-corrected chi connectivity index (χ2v) is 10.7. The third kappa shape index (κ3) is 3.99. The van der Waals surface area contributed by atoms with Crippen molar-refractivity contribution >= 4 is 16.9 Å². The number of likely N-dealkylation sites (tertiary alicyclic amines) is 1. The van der Waals surface area contributed by atoms with Gasteiger partial charge in [-0.15, -0.1) is 0 Å². The number of fused-ring (bicyclic) bond motifs is 3. The van der Waals surface area contributed by atoms with Gasteiger partial charge in [0.2, 0.25) is 0 Å². The number of carbonyl (C=O) groups is 1. The number of amides is 1. The van der Waals surface area contributed by atoms with E-state index < -0.39 is 0 Å². The van der Waals surface area contributed by atoms with Crippen LogP contribution in [0.2, 0.25) is 0 Å². The van der Waals surface area contributed by atoms with E-state index in [9.17, 15) is 10.1 Å². The lowest BCUT2D eigenvalue weighted by atomic mass is 9.96. The Morgan fingerprint density at radius 3 is 2.73 bits per heavy atom. The number of nitrogens with two attached hydrogens (primary N) is 1. The van der Waals surface area contributed by atoms with Crippen molar-refractivity contribution in [3.63, 3.8) is 0 Å². The van der Waals surface area contributed by atoms with Crippen LogP contribution in [0.15, 0.2) is 24.3 Å². The summed E-state index contributed by atoms with van der Waals surface area (Å²) in [7, 11) is 3.57. The molecule has 3 aromatic rings. The van der Waals surface area contributed by atoms with Crippen LogP contribution in [0.4, 0.5) is 0 Å². The molecule has 1 amide bonds. The number of ether oxygens (including phenoxy) is 2. The van der Waals surface area contributed by atoms with Gasteiger partial charge in [-0.2, -0.15) is 5.26 Å². The average Bonchev–Trinajstić information content (AvgIpc) is 3.68. The van der Waals surface area contributed by atoms with E-state index in [1.807, 2.05) is 40.8 Å². The molecule has 1 aromatic carbocycles. The standard InChI is InChI=1S/C28H34N6O3/c1-32-26-21(13-19(14-24(26)36-2)28(35)34-16-18-3-5-22(34)25(18)30)31-27(32)23-6-4-20(15-29)33(23)10-7-17-8-11-37-12-9-17/h4,6,13-14,17-18,22,25H,3,5,7-12,16,30H2,1-2H3/t18-,22?,25-/m1/s1. The molecule has 1 saturated carbocycles. The second kappa shape index (κ2) is 9.51. The Balaban J connectivity index is 1.35. The van der Waals surface area contributed by atoms with E-state index in [2.05, 4.69) is 10.6 Å². The molecule has 194 valence electrons. The number of hydrogen-bond acceptors (Lipinski definition) is 6. The smallest absolute Gasteiger partial charge is 0.254 e. The summed E-state index contributed by atoms with van der Waals surface area (Å²) in [4.78, 5) is 20.4. The number of methoxy groups -OCH3 is 1. The number of nitrogens with zero attached hydrogens (tertiary/aromatic N) is 5. The fraction of sp³-hybridized carbons (Fsp3) is 0.536. The first-order valence-electron chi connectivity index (χ1n) is 13.3. The summed E-state index contributed by atoms with van der Waals surface area (Å²) in [5, 5.41) is 9.78. The second-order valence-electron chi connectivity index (χ2n) is 10.7. The van der Waals surface area contributed by atoms with Crippen molar-refractivity contribution in [3.05, 3.63) is 35.5 Å². The van der Waals surface area contributed by atoms with E-state index in [-0.39, 0.29) is 18.0 Å². The number of piperidine rings is 1. The van der Waals surface area contributed by atoms with Gasteiger partial charge < -0.3 is 29.2 Å². The molecule has 37 heavy (non-hydrogen) atoms. The van der Waals surface area contributed by atoms with Crippen LogP contribution in [0, 0.1) is 23.2 Å². The van der Waals surface area contributed by atoms with Crippen LogP contribution in [0.1, 0.15) is 48.2 Å². The molecule has 1 aliphatic carbocycles. The topological polar surface area (TPSA) is 111 Å². The summed E-state index contributed by atoms with van der Waals surface area (Å²) >= 11 is 0. The molecule has 2 aromatic heterocycles. The van der Waals surface area contributed by atoms with Gasteiger partial charge in [-0.25, -0.2) is 4.98 Å². The minimum Gasteiger partial charge on any atom is -0.494 e. The van der Waals surface area contributed by atoms with E-state index in [1.165, 1.54) is 0 Å². The van der Waals surface area contributed by atoms with Crippen molar-refractivity contribution in [1.82, 2.24) is 19.0 Å². The quantitative estimate of drug-likeness (QED) is 0.554. The molecule has 1 unspecified atom stereocenters. The van der Waals surface area contributed by atoms with Crippen LogP contribution < -0.4 is 10.5 Å². The molecular weight excluding hydrogens is 468 g/mol. The van der Waals surface area contributed by atoms with E-state index in [1.54, 1.807) is 7.11 Å². The number of aryl methyl sites for hydroxylation is 1. The Hall–Kier alpha value is -3.35. The molecule has 6 rings (SSSR count). The van der Waals surface area contributed by atoms with Crippen molar-refractivity contribution < 1.29 is 14.3 Å². The first-order chi connectivity index (χ1) is 18.0. The highest BCUT2D eigenvalue weighted by atomic mass is 16.5. The number of hydrogen-bond donors (Lipinski definition) is 1. The predicted octanol–water partition coefficient (Wildman–Crippen LogP) is 3.30. The predicted molar refractivity (Wildman–Crippen MR) is 139 cm³/mol. The molecule has 4 heterocycles. The average molecular weight is 503 g/mol. The highest BCUT2D eigenvalue weighted by molar-refractivity contribution is 6.00. The lowest BCUT2D eigenvalue weighted by Crippen LogP contribution is -2.41. The zero-order chi connectivity index (χ0) is 25.7. The third-order valence-electron chi connectivity index (χ3n) is 8.74. The summed E-state index contributed by atoms with van der Waals surface area (Å²) in [6, 6.07) is 10.0. The van der Waals surface area contributed by atoms with Crippen LogP contribution in [0.5, 0.6) is 5.75 Å². The molecule has 3 aliphatic rings. The van der Waals surface area contributed by atoms with Crippen molar-refractivity contribution in [2.24, 2.45) is 24.6 Å². The van der Waals surface area contributed by atoms with Gasteiger partial charge in [-0.3, -0.25) is 4.79 Å². The fourth-order valence-corrected chi connectivity index (χ4v) is 6.61. The molecular formula is C28H34N6O3. The summed E-state index contributed by atoms with van der Waals surface area (Å²) in [6.07, 6.45) is 5.17. The summed E-state index contributed by atoms with van der Waals surface area (Å²) < 4.78 is 15.3. The van der Waals surface area contributed by atoms with E-state index in [0.29, 0.717) is 34.4 Å². The Morgan fingerprint density at radius 2 is 2.05 bits per heavy atom. The highest BCUT2D eigenvalue weighted by Crippen LogP contribution is 2.39. The van der Waals surface area contributed by atoms with Gasteiger partial charge >= 0.3 is 0 Å². The molecule has 2 aliphatic heterocycles. The number of benzene rings is 1. The van der Waals surface area contributed by atoms with Gasteiger partial charge in [0.25, 0.3) is 5.91 Å². The van der Waals surface area contributed by atoms with Crippen LogP contribution in [-0.2, 0) is 18.3 Å². The van der Waals surface area contributed by atoms with E-state index in [0.717, 1.165) is 75.4 Å². The Bertz CT molecular complexity index is 1380. The first-order valence-corrected chi connectivity index (χ1v) is 13.3. The maximum absolute atomic E-state index is 13.5. The van der Waals surface area contributed by atoms with Crippen molar-refractivity contribution in [3.8, 4) is 23.3 Å². The largest absolute Gasteiger partial charge is 0.494 e. The number of rotatable bonds is 6. The van der Waals surface area contributed by atoms with E-state index >= 15 is 0 Å². The van der Waals surface area contributed by atoms with Crippen molar-refractivity contribution in [1.29, 1.82) is 5.26 Å². The van der Waals surface area contributed by atoms with Gasteiger partial charge in [-0.05, 0) is 68.2 Å². The molecule has 2 bridgehead atoms. The molecule has 3 fully saturated rings. The minimum absolute atomic E-state index is 0.0124. The zero-order valence-corrected chi connectivity index (χ0v) is 21.5. The van der Waals surface area contributed by atoms with Crippen LogP contribution in [0.25, 0.3) is 22.6 Å². The molecule has 0 spiro atoms. The SMILES string of the molecule is COc1cc(C(=O)N2C[C@H]3CCC2[C@@H]3N)cc2nc(-c3ccc(C#N)n3CCC3CCOCC3)n(C)c12. The number of imidazole rings is 1. The molecule has 2 saturated heterocycles. The van der Waals surface area contributed by atoms with Gasteiger partial charge in [0.1, 0.15) is 23.0 Å². The normalized spacial score (nSPS) is 23.6. The molecule has 9 heteroatoms. The molecule has 2 N–H and O–H groups in total. The van der Waals surface area contributed by atoms with Crippen LogP contribution >= 0.6 is 0 Å². The summed E-state index contributed by atoms with van der Waals surface area (Å²) in [5.74, 6) is 2.33. The lowest BCUT2D eigenvalue weighted by Gasteiger charge is -2.27. The first kappa shape index (κ1) is 24.0. The highest BCUT2D eigenvalue weighted by Gasteiger charge is 2.47. The van der Waals surface area contributed by atoms with Crippen LogP contribution in [0.3, 0.4) is 0 Å². The van der Waals surface area contributed by atoms with E-state index in [4.69, 9.17) is 20.2 Å². The monoisotopic (exact) mass is 502 g/mol. The number of aromatic nitrogens is 3. The maximum atomic E-state index is 13.5. The zero-order valence-electron chi connectivity index (χ0n) is 21.5. The van der Waals surface area contributed by atoms with Gasteiger partial charge in [0, 0.05) is 51.0 Å². The van der Waals surface area contributed by atoms with Crippen LogP contribution in [-0.4, -0.2) is 63.9 Å².